The number of halogens is 4. The molecule has 2 aliphatic rings. The number of morpholine rings is 1. The molecule has 0 radical (unpaired) electrons. The SMILES string of the molecule is O=C(N1CCOCC1)N1CCN(S(=O)(=O)c2ccc(F)c(C(F)(F)F)c2)CC1. The minimum absolute atomic E-state index is 0.0584. The van der Waals surface area contributed by atoms with E-state index in [0.717, 1.165) is 10.4 Å². The van der Waals surface area contributed by atoms with Crippen LogP contribution in [0, 0.1) is 5.82 Å². The third kappa shape index (κ3) is 4.23. The summed E-state index contributed by atoms with van der Waals surface area (Å²) < 4.78 is 83.5. The first kappa shape index (κ1) is 20.8. The Labute approximate surface area is 159 Å². The van der Waals surface area contributed by atoms with E-state index in [1.807, 2.05) is 0 Å². The molecule has 0 saturated carbocycles. The highest BCUT2D eigenvalue weighted by molar-refractivity contribution is 7.89. The number of carbonyl (C=O) groups is 1. The number of nitrogens with zero attached hydrogens (tertiary/aromatic N) is 3. The van der Waals surface area contributed by atoms with Gasteiger partial charge in [-0.05, 0) is 18.2 Å². The van der Waals surface area contributed by atoms with Crippen molar-refractivity contribution in [3.8, 4) is 0 Å². The zero-order valence-corrected chi connectivity index (χ0v) is 15.6. The van der Waals surface area contributed by atoms with Crippen molar-refractivity contribution >= 4 is 16.1 Å². The number of urea groups is 1. The van der Waals surface area contributed by atoms with Gasteiger partial charge >= 0.3 is 12.2 Å². The van der Waals surface area contributed by atoms with E-state index in [1.54, 1.807) is 4.90 Å². The molecule has 28 heavy (non-hydrogen) atoms. The second-order valence-electron chi connectivity index (χ2n) is 6.41. The van der Waals surface area contributed by atoms with E-state index in [-0.39, 0.29) is 32.2 Å². The molecule has 3 rings (SSSR count). The molecule has 2 heterocycles. The number of ether oxygens (including phenoxy) is 1. The average Bonchev–Trinajstić information content (AvgIpc) is 2.67. The fraction of sp³-hybridized carbons (Fsp3) is 0.562. The van der Waals surface area contributed by atoms with Crippen LogP contribution in [0.15, 0.2) is 23.1 Å². The van der Waals surface area contributed by atoms with Crippen molar-refractivity contribution < 1.29 is 35.5 Å². The molecule has 2 amide bonds. The van der Waals surface area contributed by atoms with E-state index in [1.165, 1.54) is 4.90 Å². The number of alkyl halides is 3. The van der Waals surface area contributed by atoms with Crippen LogP contribution in [-0.4, -0.2) is 81.0 Å². The molecular formula is C16H19F4N3O4S. The number of rotatable bonds is 2. The molecule has 0 unspecified atom stereocenters. The highest BCUT2D eigenvalue weighted by Gasteiger charge is 2.37. The summed E-state index contributed by atoms with van der Waals surface area (Å²) in [4.78, 5) is 14.9. The second-order valence-corrected chi connectivity index (χ2v) is 8.35. The van der Waals surface area contributed by atoms with E-state index in [0.29, 0.717) is 38.4 Å². The molecule has 2 aliphatic heterocycles. The molecule has 156 valence electrons. The summed E-state index contributed by atoms with van der Waals surface area (Å²) in [6, 6.07) is 1.39. The van der Waals surface area contributed by atoms with E-state index in [9.17, 15) is 30.8 Å². The summed E-state index contributed by atoms with van der Waals surface area (Å²) in [7, 11) is -4.24. The topological polar surface area (TPSA) is 70.2 Å². The molecular weight excluding hydrogens is 406 g/mol. The number of sulfonamides is 1. The third-order valence-corrected chi connectivity index (χ3v) is 6.57. The van der Waals surface area contributed by atoms with Gasteiger partial charge in [0.05, 0.1) is 23.7 Å². The fourth-order valence-corrected chi connectivity index (χ4v) is 4.55. The van der Waals surface area contributed by atoms with Gasteiger partial charge in [-0.25, -0.2) is 17.6 Å². The average molecular weight is 425 g/mol. The van der Waals surface area contributed by atoms with Crippen LogP contribution in [0.2, 0.25) is 0 Å². The number of carbonyl (C=O) groups excluding carboxylic acids is 1. The van der Waals surface area contributed by atoms with Crippen LogP contribution in [0.5, 0.6) is 0 Å². The lowest BCUT2D eigenvalue weighted by atomic mass is 10.2. The number of benzene rings is 1. The minimum Gasteiger partial charge on any atom is -0.378 e. The van der Waals surface area contributed by atoms with Crippen LogP contribution in [-0.2, 0) is 20.9 Å². The van der Waals surface area contributed by atoms with Gasteiger partial charge in [-0.3, -0.25) is 0 Å². The highest BCUT2D eigenvalue weighted by atomic mass is 32.2. The largest absolute Gasteiger partial charge is 0.419 e. The molecule has 2 fully saturated rings. The molecule has 0 aromatic heterocycles. The van der Waals surface area contributed by atoms with Crippen LogP contribution >= 0.6 is 0 Å². The molecule has 0 N–H and O–H groups in total. The van der Waals surface area contributed by atoms with Gasteiger partial charge in [-0.2, -0.15) is 17.5 Å². The first-order valence-corrected chi connectivity index (χ1v) is 10.0. The fourth-order valence-electron chi connectivity index (χ4n) is 3.11. The lowest BCUT2D eigenvalue weighted by molar-refractivity contribution is -0.140. The monoisotopic (exact) mass is 425 g/mol. The zero-order chi connectivity index (χ0) is 20.5. The third-order valence-electron chi connectivity index (χ3n) is 4.67. The maximum Gasteiger partial charge on any atom is 0.419 e. The van der Waals surface area contributed by atoms with Crippen LogP contribution in [0.4, 0.5) is 22.4 Å². The number of hydrogen-bond acceptors (Lipinski definition) is 4. The molecule has 0 bridgehead atoms. The molecule has 12 heteroatoms. The Kier molecular flexibility index (Phi) is 5.82. The van der Waals surface area contributed by atoms with Gasteiger partial charge < -0.3 is 14.5 Å². The molecule has 0 aliphatic carbocycles. The summed E-state index contributed by atoms with van der Waals surface area (Å²) in [6.07, 6.45) is -5.00. The Morgan fingerprint density at radius 2 is 1.54 bits per heavy atom. The Balaban J connectivity index is 1.70. The lowest BCUT2D eigenvalue weighted by Gasteiger charge is -2.38. The Morgan fingerprint density at radius 3 is 2.11 bits per heavy atom. The van der Waals surface area contributed by atoms with Gasteiger partial charge in [0.25, 0.3) is 0 Å². The minimum atomic E-state index is -5.00. The van der Waals surface area contributed by atoms with Crippen molar-refractivity contribution in [3.05, 3.63) is 29.6 Å². The van der Waals surface area contributed by atoms with Crippen molar-refractivity contribution in [1.29, 1.82) is 0 Å². The summed E-state index contributed by atoms with van der Waals surface area (Å²) >= 11 is 0. The summed E-state index contributed by atoms with van der Waals surface area (Å²) in [5.41, 5.74) is -1.63. The highest BCUT2D eigenvalue weighted by Crippen LogP contribution is 2.33. The standard InChI is InChI=1S/C16H19F4N3O4S/c17-14-2-1-12(11-13(14)16(18,19)20)28(25,26)23-5-3-21(4-6-23)15(24)22-7-9-27-10-8-22/h1-2,11H,3-10H2. The van der Waals surface area contributed by atoms with E-state index in [2.05, 4.69) is 0 Å². The zero-order valence-electron chi connectivity index (χ0n) is 14.8. The summed E-state index contributed by atoms with van der Waals surface area (Å²) in [5.74, 6) is -1.53. The van der Waals surface area contributed by atoms with Gasteiger partial charge in [0.2, 0.25) is 10.0 Å². The van der Waals surface area contributed by atoms with Crippen LogP contribution in [0.3, 0.4) is 0 Å². The predicted molar refractivity (Wildman–Crippen MR) is 89.5 cm³/mol. The van der Waals surface area contributed by atoms with E-state index < -0.39 is 32.5 Å². The van der Waals surface area contributed by atoms with Gasteiger partial charge in [0.15, 0.2) is 0 Å². The van der Waals surface area contributed by atoms with Gasteiger partial charge in [0.1, 0.15) is 5.82 Å². The quantitative estimate of drug-likeness (QED) is 0.675. The molecule has 0 atom stereocenters. The first-order chi connectivity index (χ1) is 13.1. The van der Waals surface area contributed by atoms with Crippen LogP contribution < -0.4 is 0 Å². The van der Waals surface area contributed by atoms with Crippen molar-refractivity contribution in [1.82, 2.24) is 14.1 Å². The summed E-state index contributed by atoms with van der Waals surface area (Å²) in [5, 5.41) is 0. The molecule has 2 saturated heterocycles. The molecule has 1 aromatic carbocycles. The Bertz CT molecular complexity index is 833. The van der Waals surface area contributed by atoms with Gasteiger partial charge in [-0.1, -0.05) is 0 Å². The van der Waals surface area contributed by atoms with Crippen LogP contribution in [0.25, 0.3) is 0 Å². The lowest BCUT2D eigenvalue weighted by Crippen LogP contribution is -2.55. The maximum atomic E-state index is 13.4. The van der Waals surface area contributed by atoms with Crippen molar-refractivity contribution in [2.24, 2.45) is 0 Å². The number of hydrogen-bond donors (Lipinski definition) is 0. The number of piperazine rings is 1. The van der Waals surface area contributed by atoms with Crippen LogP contribution in [0.1, 0.15) is 5.56 Å². The number of amides is 2. The normalized spacial score (nSPS) is 19.7. The molecule has 0 spiro atoms. The van der Waals surface area contributed by atoms with Crippen molar-refractivity contribution in [3.63, 3.8) is 0 Å². The van der Waals surface area contributed by atoms with Crippen molar-refractivity contribution in [2.45, 2.75) is 11.1 Å². The molecule has 7 nitrogen and oxygen atoms in total. The van der Waals surface area contributed by atoms with Gasteiger partial charge in [-0.15, -0.1) is 0 Å². The van der Waals surface area contributed by atoms with Crippen molar-refractivity contribution in [2.75, 3.05) is 52.5 Å². The summed E-state index contributed by atoms with van der Waals surface area (Å²) in [6.45, 7) is 1.89. The first-order valence-electron chi connectivity index (χ1n) is 8.59. The Hall–Kier alpha value is -1.92. The molecule has 1 aromatic rings. The van der Waals surface area contributed by atoms with E-state index >= 15 is 0 Å². The maximum absolute atomic E-state index is 13.4. The predicted octanol–water partition coefficient (Wildman–Crippen LogP) is 1.60. The Morgan fingerprint density at radius 1 is 0.964 bits per heavy atom. The van der Waals surface area contributed by atoms with E-state index in [4.69, 9.17) is 4.74 Å². The van der Waals surface area contributed by atoms with Gasteiger partial charge in [0, 0.05) is 39.3 Å². The second kappa shape index (κ2) is 7.84. The smallest absolute Gasteiger partial charge is 0.378 e.